The highest BCUT2D eigenvalue weighted by molar-refractivity contribution is 5.93. The number of ether oxygens (including phenoxy) is 1. The average molecular weight is 538 g/mol. The third kappa shape index (κ3) is 6.42. The van der Waals surface area contributed by atoms with Crippen molar-refractivity contribution in [2.45, 2.75) is 40.5 Å². The van der Waals surface area contributed by atoms with Crippen LogP contribution in [-0.2, 0) is 4.79 Å². The number of nitrogen functional groups attached to an aromatic ring is 1. The lowest BCUT2D eigenvalue weighted by atomic mass is 9.78. The lowest BCUT2D eigenvalue weighted by Gasteiger charge is -2.29. The SMILES string of the molecule is Cc1ccc(C(c2ccc(C)c(N)c2C)C(C)C(=O)Nc2cccnc2)cc1N(C)CCOc1ncccc1C. The maximum absolute atomic E-state index is 13.5. The molecule has 2 unspecified atom stereocenters. The molecule has 7 heteroatoms. The number of aryl methyl sites for hydroxylation is 3. The maximum atomic E-state index is 13.5. The Hall–Kier alpha value is -4.39. The molecule has 0 radical (unpaired) electrons. The van der Waals surface area contributed by atoms with Crippen molar-refractivity contribution in [1.82, 2.24) is 9.97 Å². The Balaban J connectivity index is 1.65. The number of likely N-dealkylation sites (N-methyl/N-ethyl adjacent to an activating group) is 1. The molecule has 2 aromatic heterocycles. The van der Waals surface area contributed by atoms with E-state index in [0.29, 0.717) is 24.7 Å². The lowest BCUT2D eigenvalue weighted by Crippen LogP contribution is -2.28. The highest BCUT2D eigenvalue weighted by atomic mass is 16.5. The second-order valence-corrected chi connectivity index (χ2v) is 10.4. The van der Waals surface area contributed by atoms with Crippen LogP contribution in [0.25, 0.3) is 0 Å². The van der Waals surface area contributed by atoms with Crippen molar-refractivity contribution < 1.29 is 9.53 Å². The molecule has 0 aliphatic carbocycles. The molecule has 2 aromatic carbocycles. The van der Waals surface area contributed by atoms with Gasteiger partial charge in [0.15, 0.2) is 0 Å². The predicted octanol–water partition coefficient (Wildman–Crippen LogP) is 6.21. The summed E-state index contributed by atoms with van der Waals surface area (Å²) in [6.45, 7) is 11.3. The maximum Gasteiger partial charge on any atom is 0.228 e. The van der Waals surface area contributed by atoms with Gasteiger partial charge in [-0.25, -0.2) is 4.98 Å². The monoisotopic (exact) mass is 537 g/mol. The predicted molar refractivity (Wildman–Crippen MR) is 163 cm³/mol. The van der Waals surface area contributed by atoms with Crippen LogP contribution in [0.4, 0.5) is 17.1 Å². The largest absolute Gasteiger partial charge is 0.476 e. The molecule has 2 atom stereocenters. The van der Waals surface area contributed by atoms with Gasteiger partial charge in [-0.3, -0.25) is 9.78 Å². The van der Waals surface area contributed by atoms with Crippen molar-refractivity contribution in [3.05, 3.63) is 107 Å². The number of aromatic nitrogens is 2. The lowest BCUT2D eigenvalue weighted by molar-refractivity contribution is -0.119. The first-order chi connectivity index (χ1) is 19.2. The first-order valence-electron chi connectivity index (χ1n) is 13.6. The van der Waals surface area contributed by atoms with E-state index in [2.05, 4.69) is 58.4 Å². The Kier molecular flexibility index (Phi) is 9.04. The summed E-state index contributed by atoms with van der Waals surface area (Å²) >= 11 is 0. The van der Waals surface area contributed by atoms with E-state index in [1.54, 1.807) is 18.6 Å². The first kappa shape index (κ1) is 28.6. The van der Waals surface area contributed by atoms with E-state index in [1.807, 2.05) is 58.0 Å². The number of nitrogens with zero attached hydrogens (tertiary/aromatic N) is 3. The van der Waals surface area contributed by atoms with Gasteiger partial charge < -0.3 is 20.7 Å². The number of carbonyl (C=O) groups is 1. The molecule has 7 nitrogen and oxygen atoms in total. The van der Waals surface area contributed by atoms with E-state index in [-0.39, 0.29) is 17.7 Å². The summed E-state index contributed by atoms with van der Waals surface area (Å²) in [6, 6.07) is 18.1. The Morgan fingerprint density at radius 2 is 1.75 bits per heavy atom. The second-order valence-electron chi connectivity index (χ2n) is 10.4. The van der Waals surface area contributed by atoms with Gasteiger partial charge in [0.05, 0.1) is 18.4 Å². The smallest absolute Gasteiger partial charge is 0.228 e. The van der Waals surface area contributed by atoms with Crippen LogP contribution in [0.5, 0.6) is 5.88 Å². The Morgan fingerprint density at radius 3 is 2.48 bits per heavy atom. The quantitative estimate of drug-likeness (QED) is 0.234. The van der Waals surface area contributed by atoms with Gasteiger partial charge in [0.25, 0.3) is 0 Å². The van der Waals surface area contributed by atoms with Crippen LogP contribution in [0.1, 0.15) is 46.2 Å². The fourth-order valence-electron chi connectivity index (χ4n) is 5.05. The Labute approximate surface area is 237 Å². The molecule has 0 spiro atoms. The third-order valence-corrected chi connectivity index (χ3v) is 7.58. The summed E-state index contributed by atoms with van der Waals surface area (Å²) in [5.74, 6) is -0.00874. The molecule has 3 N–H and O–H groups in total. The van der Waals surface area contributed by atoms with Crippen LogP contribution in [0, 0.1) is 33.6 Å². The van der Waals surface area contributed by atoms with Crippen molar-refractivity contribution in [3.63, 3.8) is 0 Å². The molecule has 4 aromatic rings. The van der Waals surface area contributed by atoms with Gasteiger partial charge in [0.1, 0.15) is 6.61 Å². The fraction of sp³-hybridized carbons (Fsp3) is 0.303. The van der Waals surface area contributed by atoms with E-state index in [9.17, 15) is 4.79 Å². The summed E-state index contributed by atoms with van der Waals surface area (Å²) in [7, 11) is 2.06. The van der Waals surface area contributed by atoms with Gasteiger partial charge in [-0.05, 0) is 79.8 Å². The summed E-state index contributed by atoms with van der Waals surface area (Å²) in [5, 5.41) is 3.04. The molecule has 4 rings (SSSR count). The van der Waals surface area contributed by atoms with Gasteiger partial charge >= 0.3 is 0 Å². The molecular weight excluding hydrogens is 498 g/mol. The van der Waals surface area contributed by atoms with Crippen LogP contribution in [0.2, 0.25) is 0 Å². The van der Waals surface area contributed by atoms with E-state index < -0.39 is 0 Å². The minimum atomic E-state index is -0.377. The zero-order valence-electron chi connectivity index (χ0n) is 24.2. The molecule has 208 valence electrons. The second kappa shape index (κ2) is 12.6. The number of rotatable bonds is 10. The number of pyridine rings is 2. The van der Waals surface area contributed by atoms with E-state index in [1.165, 1.54) is 0 Å². The van der Waals surface area contributed by atoms with Crippen molar-refractivity contribution in [2.24, 2.45) is 5.92 Å². The number of hydrogen-bond acceptors (Lipinski definition) is 6. The third-order valence-electron chi connectivity index (χ3n) is 7.58. The number of carbonyl (C=O) groups excluding carboxylic acids is 1. The van der Waals surface area contributed by atoms with Crippen molar-refractivity contribution in [1.29, 1.82) is 0 Å². The van der Waals surface area contributed by atoms with Gasteiger partial charge in [0, 0.05) is 48.2 Å². The number of anilines is 3. The standard InChI is InChI=1S/C33H39N5O2/c1-21-11-13-26(19-29(21)38(6)17-18-40-33-23(3)9-7-16-36-33)30(28-14-12-22(2)31(34)24(28)4)25(5)32(39)37-27-10-8-15-35-20-27/h7-16,19-20,25,30H,17-18,34H2,1-6H3,(H,37,39). The number of hydrogen-bond donors (Lipinski definition) is 2. The highest BCUT2D eigenvalue weighted by Crippen LogP contribution is 2.39. The summed E-state index contributed by atoms with van der Waals surface area (Å²) < 4.78 is 5.96. The Bertz CT molecular complexity index is 1470. The van der Waals surface area contributed by atoms with Crippen molar-refractivity contribution in [3.8, 4) is 5.88 Å². The molecule has 0 saturated heterocycles. The molecule has 0 saturated carbocycles. The number of amides is 1. The molecule has 2 heterocycles. The normalized spacial score (nSPS) is 12.4. The molecule has 0 aliphatic rings. The summed E-state index contributed by atoms with van der Waals surface area (Å²) in [5.41, 5.74) is 15.3. The molecule has 0 fully saturated rings. The van der Waals surface area contributed by atoms with E-state index in [4.69, 9.17) is 10.5 Å². The zero-order chi connectivity index (χ0) is 28.8. The van der Waals surface area contributed by atoms with Crippen LogP contribution < -0.4 is 20.7 Å². The van der Waals surface area contributed by atoms with Crippen molar-refractivity contribution >= 4 is 23.0 Å². The molecule has 0 bridgehead atoms. The van der Waals surface area contributed by atoms with Crippen molar-refractivity contribution in [2.75, 3.05) is 36.1 Å². The minimum Gasteiger partial charge on any atom is -0.476 e. The van der Waals surface area contributed by atoms with Crippen LogP contribution in [0.3, 0.4) is 0 Å². The number of nitrogens with two attached hydrogens (primary N) is 1. The topological polar surface area (TPSA) is 93.4 Å². The number of nitrogens with one attached hydrogen (secondary N) is 1. The fourth-order valence-corrected chi connectivity index (χ4v) is 5.05. The number of benzene rings is 2. The summed E-state index contributed by atoms with van der Waals surface area (Å²) in [4.78, 5) is 24.2. The first-order valence-corrected chi connectivity index (χ1v) is 13.6. The minimum absolute atomic E-state index is 0.0776. The Morgan fingerprint density at radius 1 is 1.00 bits per heavy atom. The van der Waals surface area contributed by atoms with Crippen LogP contribution in [-0.4, -0.2) is 36.1 Å². The van der Waals surface area contributed by atoms with Gasteiger partial charge in [-0.1, -0.05) is 37.3 Å². The van der Waals surface area contributed by atoms with Gasteiger partial charge in [-0.15, -0.1) is 0 Å². The average Bonchev–Trinajstić information content (AvgIpc) is 2.95. The molecule has 1 amide bonds. The van der Waals surface area contributed by atoms with E-state index >= 15 is 0 Å². The molecule has 0 aliphatic heterocycles. The van der Waals surface area contributed by atoms with Gasteiger partial charge in [-0.2, -0.15) is 0 Å². The highest BCUT2D eigenvalue weighted by Gasteiger charge is 2.30. The van der Waals surface area contributed by atoms with E-state index in [0.717, 1.165) is 44.8 Å². The molecular formula is C33H39N5O2. The molecule has 40 heavy (non-hydrogen) atoms. The zero-order valence-corrected chi connectivity index (χ0v) is 24.2. The van der Waals surface area contributed by atoms with Gasteiger partial charge in [0.2, 0.25) is 11.8 Å². The van der Waals surface area contributed by atoms with Crippen LogP contribution in [0.15, 0.2) is 73.2 Å². The summed E-state index contributed by atoms with van der Waals surface area (Å²) in [6.07, 6.45) is 5.08. The van der Waals surface area contributed by atoms with Crippen LogP contribution >= 0.6 is 0 Å².